The summed E-state index contributed by atoms with van der Waals surface area (Å²) in [6.45, 7) is 3.98. The minimum atomic E-state index is -0.0488. The van der Waals surface area contributed by atoms with E-state index in [2.05, 4.69) is 15.3 Å². The van der Waals surface area contributed by atoms with E-state index in [1.165, 1.54) is 0 Å². The Morgan fingerprint density at radius 2 is 2.05 bits per heavy atom. The van der Waals surface area contributed by atoms with Crippen LogP contribution < -0.4 is 15.6 Å². The highest BCUT2D eigenvalue weighted by Gasteiger charge is 2.17. The van der Waals surface area contributed by atoms with Crippen molar-refractivity contribution < 1.29 is 4.74 Å². The van der Waals surface area contributed by atoms with Gasteiger partial charge in [0.2, 0.25) is 5.95 Å². The van der Waals surface area contributed by atoms with Crippen molar-refractivity contribution in [3.63, 3.8) is 0 Å². The third-order valence-electron chi connectivity index (χ3n) is 3.08. The molecule has 2 N–H and O–H groups in total. The van der Waals surface area contributed by atoms with Gasteiger partial charge in [0.25, 0.3) is 5.56 Å². The Morgan fingerprint density at radius 3 is 2.76 bits per heavy atom. The van der Waals surface area contributed by atoms with Gasteiger partial charge >= 0.3 is 0 Å². The second-order valence-corrected chi connectivity index (χ2v) is 6.13. The van der Waals surface area contributed by atoms with E-state index in [9.17, 15) is 4.79 Å². The molecule has 0 fully saturated rings. The number of fused-ring (bicyclic) bond motifs is 1. The average molecular weight is 303 g/mol. The number of anilines is 2. The molecule has 110 valence electrons. The van der Waals surface area contributed by atoms with Gasteiger partial charge in [-0.25, -0.2) is 4.98 Å². The molecule has 0 bridgehead atoms. The van der Waals surface area contributed by atoms with E-state index >= 15 is 0 Å². The van der Waals surface area contributed by atoms with Crippen LogP contribution in [0.15, 0.2) is 29.1 Å². The van der Waals surface area contributed by atoms with Crippen molar-refractivity contribution in [3.8, 4) is 5.75 Å². The van der Waals surface area contributed by atoms with E-state index in [1.807, 2.05) is 38.1 Å². The molecule has 0 amide bonds. The molecule has 1 aromatic heterocycles. The first-order valence-electron chi connectivity index (χ1n) is 6.85. The molecule has 0 spiro atoms. The van der Waals surface area contributed by atoms with Gasteiger partial charge in [-0.15, -0.1) is 0 Å². The van der Waals surface area contributed by atoms with Gasteiger partial charge in [-0.3, -0.25) is 9.78 Å². The van der Waals surface area contributed by atoms with Crippen LogP contribution in [0, 0.1) is 0 Å². The maximum Gasteiger partial charge on any atom is 0.256 e. The van der Waals surface area contributed by atoms with Crippen LogP contribution >= 0.6 is 11.8 Å². The van der Waals surface area contributed by atoms with E-state index in [-0.39, 0.29) is 11.7 Å². The Bertz CT molecular complexity index is 695. The number of aromatic amines is 1. The predicted octanol–water partition coefficient (Wildman–Crippen LogP) is 3.05. The van der Waals surface area contributed by atoms with Crippen molar-refractivity contribution >= 4 is 23.4 Å². The summed E-state index contributed by atoms with van der Waals surface area (Å²) < 4.78 is 5.60. The molecule has 5 nitrogen and oxygen atoms in total. The molecule has 0 saturated heterocycles. The van der Waals surface area contributed by atoms with Crippen LogP contribution in [0.1, 0.15) is 25.1 Å². The van der Waals surface area contributed by atoms with Crippen molar-refractivity contribution in [2.75, 3.05) is 5.32 Å². The lowest BCUT2D eigenvalue weighted by molar-refractivity contribution is 0.242. The summed E-state index contributed by atoms with van der Waals surface area (Å²) in [6.07, 6.45) is 0.149. The van der Waals surface area contributed by atoms with Crippen molar-refractivity contribution in [1.29, 1.82) is 0 Å². The minimum absolute atomic E-state index is 0.0488. The van der Waals surface area contributed by atoms with E-state index in [0.29, 0.717) is 5.95 Å². The second kappa shape index (κ2) is 5.81. The maximum absolute atomic E-state index is 11.9. The normalized spacial score (nSPS) is 13.3. The Kier molecular flexibility index (Phi) is 3.88. The fourth-order valence-electron chi connectivity index (χ4n) is 2.15. The van der Waals surface area contributed by atoms with Gasteiger partial charge < -0.3 is 10.1 Å². The molecule has 2 aromatic rings. The highest BCUT2D eigenvalue weighted by molar-refractivity contribution is 7.98. The van der Waals surface area contributed by atoms with E-state index in [0.717, 1.165) is 34.2 Å². The monoisotopic (exact) mass is 303 g/mol. The summed E-state index contributed by atoms with van der Waals surface area (Å²) in [4.78, 5) is 19.2. The van der Waals surface area contributed by atoms with Crippen molar-refractivity contribution in [2.24, 2.45) is 0 Å². The lowest BCUT2D eigenvalue weighted by Gasteiger charge is -2.11. The largest absolute Gasteiger partial charge is 0.491 e. The summed E-state index contributed by atoms with van der Waals surface area (Å²) in [5.74, 6) is 2.86. The zero-order valence-electron chi connectivity index (χ0n) is 12.0. The van der Waals surface area contributed by atoms with Gasteiger partial charge in [0, 0.05) is 22.8 Å². The second-order valence-electron chi connectivity index (χ2n) is 5.15. The number of aromatic nitrogens is 2. The van der Waals surface area contributed by atoms with E-state index in [4.69, 9.17) is 4.74 Å². The highest BCUT2D eigenvalue weighted by atomic mass is 32.2. The molecule has 1 aliphatic rings. The summed E-state index contributed by atoms with van der Waals surface area (Å²) in [7, 11) is 0. The first kappa shape index (κ1) is 14.0. The SMILES string of the molecule is CC(C)Oc1ccc(Nc2nc3c(c(=O)[nH]2)CSC3)cc1. The van der Waals surface area contributed by atoms with Crippen LogP contribution in [-0.2, 0) is 11.5 Å². The smallest absolute Gasteiger partial charge is 0.256 e. The molecule has 0 saturated carbocycles. The van der Waals surface area contributed by atoms with E-state index in [1.54, 1.807) is 11.8 Å². The zero-order valence-corrected chi connectivity index (χ0v) is 12.8. The number of thioether (sulfide) groups is 1. The van der Waals surface area contributed by atoms with Gasteiger partial charge in [0.1, 0.15) is 5.75 Å². The Morgan fingerprint density at radius 1 is 1.29 bits per heavy atom. The van der Waals surface area contributed by atoms with Crippen LogP contribution in [0.5, 0.6) is 5.75 Å². The number of hydrogen-bond acceptors (Lipinski definition) is 5. The molecule has 1 aromatic carbocycles. The highest BCUT2D eigenvalue weighted by Crippen LogP contribution is 2.26. The fourth-order valence-corrected chi connectivity index (χ4v) is 3.18. The average Bonchev–Trinajstić information content (AvgIpc) is 2.89. The van der Waals surface area contributed by atoms with Crippen LogP contribution in [0.25, 0.3) is 0 Å². The van der Waals surface area contributed by atoms with Gasteiger partial charge in [-0.1, -0.05) is 0 Å². The van der Waals surface area contributed by atoms with Crippen LogP contribution in [0.3, 0.4) is 0 Å². The Hall–Kier alpha value is -1.95. The summed E-state index contributed by atoms with van der Waals surface area (Å²) >= 11 is 1.71. The number of nitrogens with zero attached hydrogens (tertiary/aromatic N) is 1. The molecular formula is C15H17N3O2S. The van der Waals surface area contributed by atoms with Gasteiger partial charge in [-0.2, -0.15) is 11.8 Å². The Labute approximate surface area is 127 Å². The molecule has 0 unspecified atom stereocenters. The number of hydrogen-bond donors (Lipinski definition) is 2. The molecular weight excluding hydrogens is 286 g/mol. The lowest BCUT2D eigenvalue weighted by atomic mass is 10.3. The van der Waals surface area contributed by atoms with Crippen molar-refractivity contribution in [3.05, 3.63) is 45.9 Å². The molecule has 0 atom stereocenters. The van der Waals surface area contributed by atoms with Crippen molar-refractivity contribution in [1.82, 2.24) is 9.97 Å². The molecule has 0 aliphatic carbocycles. The lowest BCUT2D eigenvalue weighted by Crippen LogP contribution is -2.16. The van der Waals surface area contributed by atoms with Gasteiger partial charge in [0.15, 0.2) is 0 Å². The number of nitrogens with one attached hydrogen (secondary N) is 2. The topological polar surface area (TPSA) is 67.0 Å². The third-order valence-corrected chi connectivity index (χ3v) is 4.05. The molecule has 2 heterocycles. The number of ether oxygens (including phenoxy) is 1. The quantitative estimate of drug-likeness (QED) is 0.908. The molecule has 0 radical (unpaired) electrons. The van der Waals surface area contributed by atoms with Gasteiger partial charge in [-0.05, 0) is 38.1 Å². The molecule has 3 rings (SSSR count). The molecule has 21 heavy (non-hydrogen) atoms. The molecule has 6 heteroatoms. The third kappa shape index (κ3) is 3.21. The maximum atomic E-state index is 11.9. The van der Waals surface area contributed by atoms with Crippen molar-refractivity contribution in [2.45, 2.75) is 31.5 Å². The fraction of sp³-hybridized carbons (Fsp3) is 0.333. The number of rotatable bonds is 4. The first-order chi connectivity index (χ1) is 10.1. The predicted molar refractivity (Wildman–Crippen MR) is 85.3 cm³/mol. The summed E-state index contributed by atoms with van der Waals surface area (Å²) in [5.41, 5.74) is 2.49. The van der Waals surface area contributed by atoms with Gasteiger partial charge in [0.05, 0.1) is 11.8 Å². The minimum Gasteiger partial charge on any atom is -0.491 e. The summed E-state index contributed by atoms with van der Waals surface area (Å²) in [6, 6.07) is 7.59. The Balaban J connectivity index is 1.78. The number of H-pyrrole nitrogens is 1. The first-order valence-corrected chi connectivity index (χ1v) is 8.01. The van der Waals surface area contributed by atoms with Crippen LogP contribution in [0.4, 0.5) is 11.6 Å². The van der Waals surface area contributed by atoms with Crippen LogP contribution in [-0.4, -0.2) is 16.1 Å². The standard InChI is InChI=1S/C15H17N3O2S/c1-9(2)20-11-5-3-10(4-6-11)16-15-17-13-8-21-7-12(13)14(19)18-15/h3-6,9H,7-8H2,1-2H3,(H2,16,17,18,19). The number of benzene rings is 1. The van der Waals surface area contributed by atoms with Crippen LogP contribution in [0.2, 0.25) is 0 Å². The zero-order chi connectivity index (χ0) is 14.8. The summed E-state index contributed by atoms with van der Waals surface area (Å²) in [5, 5.41) is 3.12. The molecule has 1 aliphatic heterocycles. The van der Waals surface area contributed by atoms with E-state index < -0.39 is 0 Å².